The quantitative estimate of drug-likeness (QED) is 0.736. The number of carbonyl (C=O) groups is 2. The number of aromatic carboxylic acids is 1. The van der Waals surface area contributed by atoms with Gasteiger partial charge in [0.15, 0.2) is 11.5 Å². The Labute approximate surface area is 115 Å². The molecule has 6 heteroatoms. The molecule has 1 aromatic rings. The van der Waals surface area contributed by atoms with Crippen LogP contribution in [0.2, 0.25) is 0 Å². The molecule has 1 aromatic carbocycles. The maximum atomic E-state index is 11.1. The molecule has 3 N–H and O–H groups in total. The van der Waals surface area contributed by atoms with Gasteiger partial charge < -0.3 is 20.1 Å². The number of rotatable bonds is 6. The molecule has 2 rings (SSSR count). The largest absolute Gasteiger partial charge is 0.504 e. The number of phenols is 1. The lowest BCUT2D eigenvalue weighted by Crippen LogP contribution is -2.10. The van der Waals surface area contributed by atoms with E-state index in [1.165, 1.54) is 19.2 Å². The van der Waals surface area contributed by atoms with Crippen molar-refractivity contribution in [1.82, 2.24) is 0 Å². The van der Waals surface area contributed by atoms with Crippen LogP contribution in [0.15, 0.2) is 12.1 Å². The topological polar surface area (TPSA) is 104 Å². The van der Waals surface area contributed by atoms with Crippen molar-refractivity contribution in [2.75, 3.05) is 7.11 Å². The highest BCUT2D eigenvalue weighted by atomic mass is 16.5. The van der Waals surface area contributed by atoms with Crippen LogP contribution in [-0.2, 0) is 4.79 Å². The molecule has 1 aliphatic carbocycles. The van der Waals surface area contributed by atoms with Crippen molar-refractivity contribution in [2.24, 2.45) is 5.92 Å². The predicted octanol–water partition coefficient (Wildman–Crippen LogP) is 2.07. The smallest absolute Gasteiger partial charge is 0.335 e. The zero-order valence-electron chi connectivity index (χ0n) is 11.0. The summed E-state index contributed by atoms with van der Waals surface area (Å²) < 4.78 is 4.97. The van der Waals surface area contributed by atoms with E-state index in [2.05, 4.69) is 0 Å². The van der Waals surface area contributed by atoms with Gasteiger partial charge in [-0.3, -0.25) is 4.79 Å². The Bertz CT molecular complexity index is 547. The fourth-order valence-electron chi connectivity index (χ4n) is 2.41. The Balaban J connectivity index is 2.48. The summed E-state index contributed by atoms with van der Waals surface area (Å²) in [6.45, 7) is 0. The van der Waals surface area contributed by atoms with Gasteiger partial charge in [0, 0.05) is 11.5 Å². The summed E-state index contributed by atoms with van der Waals surface area (Å²) in [6.07, 6.45) is 1.64. The third-order valence-electron chi connectivity index (χ3n) is 3.56. The van der Waals surface area contributed by atoms with E-state index in [4.69, 9.17) is 14.9 Å². The second-order valence-corrected chi connectivity index (χ2v) is 4.96. The Morgan fingerprint density at radius 1 is 1.35 bits per heavy atom. The first kappa shape index (κ1) is 14.2. The monoisotopic (exact) mass is 280 g/mol. The van der Waals surface area contributed by atoms with Crippen LogP contribution in [0.1, 0.15) is 41.1 Å². The zero-order valence-corrected chi connectivity index (χ0v) is 11.0. The summed E-state index contributed by atoms with van der Waals surface area (Å²) >= 11 is 0. The van der Waals surface area contributed by atoms with Crippen LogP contribution in [0.4, 0.5) is 0 Å². The van der Waals surface area contributed by atoms with Gasteiger partial charge in [0.05, 0.1) is 19.1 Å². The van der Waals surface area contributed by atoms with E-state index in [1.807, 2.05) is 0 Å². The molecule has 1 unspecified atom stereocenters. The molecule has 0 bridgehead atoms. The number of phenolic OH excluding ortho intramolecular Hbond substituents is 1. The molecular formula is C14H16O6. The second kappa shape index (κ2) is 5.40. The molecule has 20 heavy (non-hydrogen) atoms. The van der Waals surface area contributed by atoms with Crippen LogP contribution < -0.4 is 4.74 Å². The lowest BCUT2D eigenvalue weighted by molar-refractivity contribution is -0.137. The normalized spacial score (nSPS) is 15.7. The van der Waals surface area contributed by atoms with Crippen molar-refractivity contribution < 1.29 is 29.6 Å². The Kier molecular flexibility index (Phi) is 3.83. The molecule has 0 spiro atoms. The van der Waals surface area contributed by atoms with Gasteiger partial charge in [-0.1, -0.05) is 0 Å². The summed E-state index contributed by atoms with van der Waals surface area (Å²) in [7, 11) is 1.33. The lowest BCUT2D eigenvalue weighted by atomic mass is 9.89. The number of hydrogen-bond donors (Lipinski definition) is 3. The molecular weight excluding hydrogens is 264 g/mol. The van der Waals surface area contributed by atoms with Crippen molar-refractivity contribution in [3.8, 4) is 11.5 Å². The molecule has 0 saturated heterocycles. The average Bonchev–Trinajstić information content (AvgIpc) is 3.20. The minimum absolute atomic E-state index is 0.0225. The molecule has 1 atom stereocenters. The maximum absolute atomic E-state index is 11.1. The van der Waals surface area contributed by atoms with Crippen LogP contribution in [0.5, 0.6) is 11.5 Å². The number of aromatic hydroxyl groups is 1. The number of ether oxygens (including phenoxy) is 1. The number of aliphatic carboxylic acids is 1. The predicted molar refractivity (Wildman–Crippen MR) is 69.3 cm³/mol. The van der Waals surface area contributed by atoms with Crippen LogP contribution in [-0.4, -0.2) is 34.4 Å². The fraction of sp³-hybridized carbons (Fsp3) is 0.429. The van der Waals surface area contributed by atoms with E-state index in [-0.39, 0.29) is 35.3 Å². The Morgan fingerprint density at radius 3 is 2.45 bits per heavy atom. The van der Waals surface area contributed by atoms with Gasteiger partial charge in [0.1, 0.15) is 0 Å². The Hall–Kier alpha value is -2.24. The van der Waals surface area contributed by atoms with Gasteiger partial charge in [0.25, 0.3) is 0 Å². The zero-order chi connectivity index (χ0) is 14.9. The summed E-state index contributed by atoms with van der Waals surface area (Å²) in [5.41, 5.74) is 0.317. The number of benzene rings is 1. The van der Waals surface area contributed by atoms with Crippen LogP contribution in [0.25, 0.3) is 0 Å². The van der Waals surface area contributed by atoms with Gasteiger partial charge in [-0.15, -0.1) is 0 Å². The third-order valence-corrected chi connectivity index (χ3v) is 3.56. The summed E-state index contributed by atoms with van der Waals surface area (Å²) in [6, 6.07) is 2.57. The van der Waals surface area contributed by atoms with Gasteiger partial charge in [-0.2, -0.15) is 0 Å². The fourth-order valence-corrected chi connectivity index (χ4v) is 2.41. The molecule has 1 saturated carbocycles. The molecule has 1 fully saturated rings. The first-order valence-electron chi connectivity index (χ1n) is 6.30. The Morgan fingerprint density at radius 2 is 2.00 bits per heavy atom. The van der Waals surface area contributed by atoms with E-state index in [1.54, 1.807) is 0 Å². The van der Waals surface area contributed by atoms with Crippen LogP contribution >= 0.6 is 0 Å². The minimum atomic E-state index is -1.14. The van der Waals surface area contributed by atoms with Gasteiger partial charge in [0.2, 0.25) is 0 Å². The summed E-state index contributed by atoms with van der Waals surface area (Å²) in [5, 5.41) is 28.2. The van der Waals surface area contributed by atoms with Gasteiger partial charge >= 0.3 is 11.9 Å². The second-order valence-electron chi connectivity index (χ2n) is 4.96. The first-order chi connectivity index (χ1) is 9.43. The van der Waals surface area contributed by atoms with E-state index in [0.29, 0.717) is 5.56 Å². The summed E-state index contributed by atoms with van der Waals surface area (Å²) in [4.78, 5) is 22.1. The van der Waals surface area contributed by atoms with Crippen LogP contribution in [0, 0.1) is 5.92 Å². The highest BCUT2D eigenvalue weighted by Gasteiger charge is 2.36. The SMILES string of the molecule is COc1cc(C(=O)O)cc(C(CC(=O)O)C2CC2)c1O. The van der Waals surface area contributed by atoms with Gasteiger partial charge in [-0.05, 0) is 30.9 Å². The standard InChI is InChI=1S/C14H16O6/c1-20-11-5-8(14(18)19)4-10(13(11)17)9(6-12(15)16)7-2-3-7/h4-5,7,9,17H,2-3,6H2,1H3,(H,15,16)(H,18,19). The maximum Gasteiger partial charge on any atom is 0.335 e. The van der Waals surface area contributed by atoms with E-state index in [0.717, 1.165) is 12.8 Å². The molecule has 108 valence electrons. The first-order valence-corrected chi connectivity index (χ1v) is 6.30. The van der Waals surface area contributed by atoms with Crippen molar-refractivity contribution in [3.05, 3.63) is 23.3 Å². The molecule has 0 aromatic heterocycles. The molecule has 0 radical (unpaired) electrons. The number of carboxylic acid groups (broad SMARTS) is 2. The molecule has 0 aliphatic heterocycles. The van der Waals surface area contributed by atoms with E-state index >= 15 is 0 Å². The van der Waals surface area contributed by atoms with Crippen molar-refractivity contribution in [3.63, 3.8) is 0 Å². The minimum Gasteiger partial charge on any atom is -0.504 e. The highest BCUT2D eigenvalue weighted by Crippen LogP contribution is 2.49. The van der Waals surface area contributed by atoms with Gasteiger partial charge in [-0.25, -0.2) is 4.79 Å². The highest BCUT2D eigenvalue weighted by molar-refractivity contribution is 5.89. The molecule has 1 aliphatic rings. The molecule has 0 heterocycles. The van der Waals surface area contributed by atoms with Crippen LogP contribution in [0.3, 0.4) is 0 Å². The van der Waals surface area contributed by atoms with Crippen molar-refractivity contribution in [1.29, 1.82) is 0 Å². The number of hydrogen-bond acceptors (Lipinski definition) is 4. The van der Waals surface area contributed by atoms with E-state index < -0.39 is 11.9 Å². The van der Waals surface area contributed by atoms with Crippen molar-refractivity contribution >= 4 is 11.9 Å². The number of carboxylic acids is 2. The molecule has 0 amide bonds. The number of methoxy groups -OCH3 is 1. The van der Waals surface area contributed by atoms with Crippen molar-refractivity contribution in [2.45, 2.75) is 25.2 Å². The lowest BCUT2D eigenvalue weighted by Gasteiger charge is -2.18. The molecule has 6 nitrogen and oxygen atoms in total. The average molecular weight is 280 g/mol. The van der Waals surface area contributed by atoms with E-state index in [9.17, 15) is 14.7 Å². The third kappa shape index (κ3) is 2.84. The summed E-state index contributed by atoms with van der Waals surface area (Å²) in [5.74, 6) is -2.45.